The van der Waals surface area contributed by atoms with Crippen LogP contribution in [0.25, 0.3) is 0 Å². The molecule has 108 valence electrons. The first-order valence-corrected chi connectivity index (χ1v) is 7.33. The van der Waals surface area contributed by atoms with Crippen LogP contribution in [0.2, 0.25) is 0 Å². The van der Waals surface area contributed by atoms with Gasteiger partial charge in [0.15, 0.2) is 0 Å². The van der Waals surface area contributed by atoms with E-state index in [0.717, 1.165) is 0 Å². The van der Waals surface area contributed by atoms with E-state index in [9.17, 15) is 18.5 Å². The van der Waals surface area contributed by atoms with Crippen molar-refractivity contribution in [3.63, 3.8) is 0 Å². The molecule has 0 aliphatic heterocycles. The number of hydrogen-bond acceptors (Lipinski definition) is 6. The first kappa shape index (κ1) is 15.4. The number of nitro groups is 1. The molecule has 0 aliphatic carbocycles. The Morgan fingerprint density at radius 2 is 2.11 bits per heavy atom. The summed E-state index contributed by atoms with van der Waals surface area (Å²) < 4.78 is 23.1. The number of sulfonamides is 1. The molecule has 9 nitrogen and oxygen atoms in total. The Morgan fingerprint density at radius 1 is 1.53 bits per heavy atom. The fourth-order valence-corrected chi connectivity index (χ4v) is 1.99. The van der Waals surface area contributed by atoms with Crippen LogP contribution in [0.15, 0.2) is 0 Å². The highest BCUT2D eigenvalue weighted by molar-refractivity contribution is 7.89. The average Bonchev–Trinajstić information content (AvgIpc) is 2.53. The molecule has 0 saturated carbocycles. The normalized spacial score (nSPS) is 11.8. The number of nitrogens with zero attached hydrogens (tertiary/aromatic N) is 3. The van der Waals surface area contributed by atoms with E-state index < -0.39 is 14.9 Å². The minimum atomic E-state index is -3.62. The van der Waals surface area contributed by atoms with Crippen LogP contribution in [0.5, 0.6) is 0 Å². The van der Waals surface area contributed by atoms with Gasteiger partial charge >= 0.3 is 5.69 Å². The summed E-state index contributed by atoms with van der Waals surface area (Å²) in [6.07, 6.45) is 0. The van der Waals surface area contributed by atoms with E-state index >= 15 is 0 Å². The fourth-order valence-electron chi connectivity index (χ4n) is 1.61. The molecule has 0 aliphatic rings. The van der Waals surface area contributed by atoms with E-state index in [1.807, 2.05) is 13.8 Å². The molecule has 1 aromatic heterocycles. The molecular formula is C9H17N5O4S. The second kappa shape index (κ2) is 5.53. The second-order valence-corrected chi connectivity index (χ2v) is 6.11. The topological polar surface area (TPSA) is 133 Å². The van der Waals surface area contributed by atoms with Gasteiger partial charge in [0.25, 0.3) is 0 Å². The van der Waals surface area contributed by atoms with Gasteiger partial charge in [0, 0.05) is 12.6 Å². The van der Waals surface area contributed by atoms with Gasteiger partial charge in [0.1, 0.15) is 5.69 Å². The molecule has 0 unspecified atom stereocenters. The summed E-state index contributed by atoms with van der Waals surface area (Å²) in [7, 11) is -3.62. The molecule has 3 N–H and O–H groups in total. The zero-order valence-electron chi connectivity index (χ0n) is 11.0. The van der Waals surface area contributed by atoms with Crippen molar-refractivity contribution in [1.82, 2.24) is 9.78 Å². The third-order valence-electron chi connectivity index (χ3n) is 2.40. The summed E-state index contributed by atoms with van der Waals surface area (Å²) in [6.45, 7) is 5.15. The summed E-state index contributed by atoms with van der Waals surface area (Å²) in [5, 5.41) is 22.7. The van der Waals surface area contributed by atoms with Gasteiger partial charge in [-0.3, -0.25) is 10.1 Å². The number of primary sulfonamides is 1. The molecule has 10 heteroatoms. The smallest absolute Gasteiger partial charge is 0.333 e. The SMILES string of the molecule is Cc1nn(C(C)C)c(NCCS(N)(=O)=O)c1[N+](=O)[O-]. The number of nitrogens with one attached hydrogen (secondary N) is 1. The van der Waals surface area contributed by atoms with Crippen LogP contribution in [-0.4, -0.2) is 35.4 Å². The lowest BCUT2D eigenvalue weighted by Gasteiger charge is -2.11. The molecule has 1 rings (SSSR count). The molecule has 0 radical (unpaired) electrons. The molecule has 0 amide bonds. The predicted molar refractivity (Wildman–Crippen MR) is 70.5 cm³/mol. The molecule has 0 spiro atoms. The van der Waals surface area contributed by atoms with Crippen molar-refractivity contribution in [3.05, 3.63) is 15.8 Å². The first-order valence-electron chi connectivity index (χ1n) is 5.61. The summed E-state index contributed by atoms with van der Waals surface area (Å²) >= 11 is 0. The number of hydrogen-bond donors (Lipinski definition) is 2. The van der Waals surface area contributed by atoms with Crippen molar-refractivity contribution in [3.8, 4) is 0 Å². The fraction of sp³-hybridized carbons (Fsp3) is 0.667. The van der Waals surface area contributed by atoms with E-state index in [1.54, 1.807) is 0 Å². The Balaban J connectivity index is 3.05. The summed E-state index contributed by atoms with van der Waals surface area (Å²) in [6, 6.07) is -0.0932. The lowest BCUT2D eigenvalue weighted by atomic mass is 10.3. The van der Waals surface area contributed by atoms with Crippen LogP contribution < -0.4 is 10.5 Å². The lowest BCUT2D eigenvalue weighted by molar-refractivity contribution is -0.384. The monoisotopic (exact) mass is 291 g/mol. The van der Waals surface area contributed by atoms with Gasteiger partial charge in [-0.05, 0) is 20.8 Å². The summed E-state index contributed by atoms with van der Waals surface area (Å²) in [5.41, 5.74) is 0.125. The Morgan fingerprint density at radius 3 is 2.53 bits per heavy atom. The standard InChI is InChI=1S/C9H17N5O4S/c1-6(2)13-9(11-4-5-19(10,17)18)8(14(15)16)7(3)12-13/h6,11H,4-5H2,1-3H3,(H2,10,17,18). The lowest BCUT2D eigenvalue weighted by Crippen LogP contribution is -2.23. The molecule has 1 aromatic rings. The highest BCUT2D eigenvalue weighted by Crippen LogP contribution is 2.30. The van der Waals surface area contributed by atoms with Crippen molar-refractivity contribution in [1.29, 1.82) is 0 Å². The summed E-state index contributed by atoms with van der Waals surface area (Å²) in [5.74, 6) is -0.118. The highest BCUT2D eigenvalue weighted by atomic mass is 32.2. The van der Waals surface area contributed by atoms with E-state index in [2.05, 4.69) is 10.4 Å². The van der Waals surface area contributed by atoms with Crippen molar-refractivity contribution < 1.29 is 13.3 Å². The quantitative estimate of drug-likeness (QED) is 0.575. The molecule has 0 aromatic carbocycles. The zero-order valence-corrected chi connectivity index (χ0v) is 11.8. The number of nitrogens with two attached hydrogens (primary N) is 1. The van der Waals surface area contributed by atoms with Crippen LogP contribution >= 0.6 is 0 Å². The minimum Gasteiger partial charge on any atom is -0.363 e. The number of aromatic nitrogens is 2. The molecular weight excluding hydrogens is 274 g/mol. The summed E-state index contributed by atoms with van der Waals surface area (Å²) in [4.78, 5) is 10.5. The largest absolute Gasteiger partial charge is 0.363 e. The maximum absolute atomic E-state index is 11.0. The number of aryl methyl sites for hydroxylation is 1. The van der Waals surface area contributed by atoms with Crippen molar-refractivity contribution in [2.45, 2.75) is 26.8 Å². The molecule has 0 fully saturated rings. The minimum absolute atomic E-state index is 0.0163. The van der Waals surface area contributed by atoms with Crippen molar-refractivity contribution >= 4 is 21.5 Å². The van der Waals surface area contributed by atoms with Crippen LogP contribution in [0.4, 0.5) is 11.5 Å². The van der Waals surface area contributed by atoms with Gasteiger partial charge in [-0.1, -0.05) is 0 Å². The van der Waals surface area contributed by atoms with Gasteiger partial charge in [0.05, 0.1) is 10.7 Å². The van der Waals surface area contributed by atoms with E-state index in [-0.39, 0.29) is 35.5 Å². The molecule has 1 heterocycles. The van der Waals surface area contributed by atoms with Gasteiger partial charge < -0.3 is 5.32 Å². The van der Waals surface area contributed by atoms with Gasteiger partial charge in [0.2, 0.25) is 15.8 Å². The van der Waals surface area contributed by atoms with Crippen LogP contribution in [0.1, 0.15) is 25.6 Å². The molecule has 0 saturated heterocycles. The zero-order chi connectivity index (χ0) is 14.8. The van der Waals surface area contributed by atoms with Crippen LogP contribution in [0, 0.1) is 17.0 Å². The highest BCUT2D eigenvalue weighted by Gasteiger charge is 2.26. The van der Waals surface area contributed by atoms with E-state index in [1.165, 1.54) is 11.6 Å². The molecule has 0 bridgehead atoms. The second-order valence-electron chi connectivity index (χ2n) is 4.37. The Bertz CT molecular complexity index is 578. The van der Waals surface area contributed by atoms with Crippen LogP contribution in [-0.2, 0) is 10.0 Å². The van der Waals surface area contributed by atoms with Gasteiger partial charge in [-0.15, -0.1) is 0 Å². The van der Waals surface area contributed by atoms with E-state index in [0.29, 0.717) is 0 Å². The third-order valence-corrected chi connectivity index (χ3v) is 3.18. The van der Waals surface area contributed by atoms with Crippen LogP contribution in [0.3, 0.4) is 0 Å². The Hall–Kier alpha value is -1.68. The Labute approximate surface area is 111 Å². The Kier molecular flexibility index (Phi) is 4.48. The maximum Gasteiger partial charge on any atom is 0.333 e. The maximum atomic E-state index is 11.0. The van der Waals surface area contributed by atoms with Crippen molar-refractivity contribution in [2.24, 2.45) is 5.14 Å². The van der Waals surface area contributed by atoms with E-state index in [4.69, 9.17) is 5.14 Å². The number of rotatable bonds is 6. The molecule has 0 atom stereocenters. The molecule has 19 heavy (non-hydrogen) atoms. The average molecular weight is 291 g/mol. The van der Waals surface area contributed by atoms with Crippen molar-refractivity contribution in [2.75, 3.05) is 17.6 Å². The van der Waals surface area contributed by atoms with Gasteiger partial charge in [-0.2, -0.15) is 5.10 Å². The predicted octanol–water partition coefficient (Wildman–Crippen LogP) is 0.381. The number of anilines is 1. The first-order chi connectivity index (χ1) is 8.63. The van der Waals surface area contributed by atoms with Gasteiger partial charge in [-0.25, -0.2) is 18.2 Å². The third kappa shape index (κ3) is 3.89.